The summed E-state index contributed by atoms with van der Waals surface area (Å²) < 4.78 is 13.2. The Hall–Kier alpha value is -7.69. The number of hydrogen-bond donors (Lipinski definition) is 0. The molecule has 12 aromatic rings. The average molecular weight is 729 g/mol. The Morgan fingerprint density at radius 3 is 1.89 bits per heavy atom. The lowest BCUT2D eigenvalue weighted by atomic mass is 9.96. The molecule has 0 atom stereocenters. The third-order valence-electron chi connectivity index (χ3n) is 11.4. The van der Waals surface area contributed by atoms with Crippen molar-refractivity contribution in [3.8, 4) is 22.6 Å². The van der Waals surface area contributed by atoms with Crippen molar-refractivity contribution in [3.05, 3.63) is 194 Å². The van der Waals surface area contributed by atoms with Gasteiger partial charge in [0.15, 0.2) is 5.58 Å². The van der Waals surface area contributed by atoms with Crippen molar-refractivity contribution in [2.45, 2.75) is 0 Å². The fraction of sp³-hybridized carbons (Fsp3) is 0. The summed E-state index contributed by atoms with van der Waals surface area (Å²) in [6.07, 6.45) is 0. The second-order valence-electron chi connectivity index (χ2n) is 14.7. The maximum atomic E-state index is 6.70. The quantitative estimate of drug-likeness (QED) is 0.166. The molecule has 0 aliphatic rings. The Morgan fingerprint density at radius 1 is 0.368 bits per heavy atom. The number of anilines is 3. The van der Waals surface area contributed by atoms with Crippen LogP contribution in [0.5, 0.6) is 0 Å². The molecular formula is C53H32N2O2. The van der Waals surface area contributed by atoms with Gasteiger partial charge in [-0.25, -0.2) is 4.98 Å². The average Bonchev–Trinajstić information content (AvgIpc) is 3.86. The fourth-order valence-electron chi connectivity index (χ4n) is 8.76. The highest BCUT2D eigenvalue weighted by atomic mass is 16.3. The maximum Gasteiger partial charge on any atom is 0.228 e. The van der Waals surface area contributed by atoms with Gasteiger partial charge in [-0.05, 0) is 103 Å². The van der Waals surface area contributed by atoms with Crippen LogP contribution >= 0.6 is 0 Å². The maximum absolute atomic E-state index is 6.70. The van der Waals surface area contributed by atoms with Crippen molar-refractivity contribution >= 4 is 93.2 Å². The minimum absolute atomic E-state index is 0.576. The second kappa shape index (κ2) is 12.4. The SMILES string of the molecule is c1ccc(-c2ccccc2N(c2ccc3c(c2)oc2cccc(-c4nc5cc6ccccc6cc5o4)c23)c2ccc3ccc4c5ccccc5ccc4c3c2)cc1. The summed E-state index contributed by atoms with van der Waals surface area (Å²) in [6.45, 7) is 0. The zero-order chi connectivity index (χ0) is 37.5. The predicted molar refractivity (Wildman–Crippen MR) is 237 cm³/mol. The van der Waals surface area contributed by atoms with Gasteiger partial charge in [-0.2, -0.15) is 0 Å². The molecular weight excluding hydrogens is 697 g/mol. The van der Waals surface area contributed by atoms with E-state index in [1.54, 1.807) is 0 Å². The number of furan rings is 1. The highest BCUT2D eigenvalue weighted by Crippen LogP contribution is 2.45. The van der Waals surface area contributed by atoms with Crippen LogP contribution in [0.4, 0.5) is 17.1 Å². The number of rotatable bonds is 5. The van der Waals surface area contributed by atoms with Gasteiger partial charge < -0.3 is 13.7 Å². The van der Waals surface area contributed by atoms with Crippen LogP contribution in [0.15, 0.2) is 203 Å². The largest absolute Gasteiger partial charge is 0.456 e. The van der Waals surface area contributed by atoms with Crippen molar-refractivity contribution in [1.82, 2.24) is 4.98 Å². The van der Waals surface area contributed by atoms with Gasteiger partial charge in [-0.15, -0.1) is 0 Å². The van der Waals surface area contributed by atoms with Crippen LogP contribution in [0.3, 0.4) is 0 Å². The zero-order valence-corrected chi connectivity index (χ0v) is 30.7. The first-order valence-corrected chi connectivity index (χ1v) is 19.3. The van der Waals surface area contributed by atoms with Crippen LogP contribution in [-0.2, 0) is 0 Å². The molecule has 0 radical (unpaired) electrons. The van der Waals surface area contributed by atoms with Gasteiger partial charge in [0.2, 0.25) is 5.89 Å². The highest BCUT2D eigenvalue weighted by molar-refractivity contribution is 6.18. The van der Waals surface area contributed by atoms with E-state index in [-0.39, 0.29) is 0 Å². The standard InChI is InChI=1S/C53H32N2O2/c1-2-11-33(12-3-1)41-17-8-9-19-48(41)55(38-24-21-35-23-26-42-40-16-7-6-13-34(40)22-27-43(42)46(35)31-38)39-25-28-44-50(32-39)56-49-20-10-18-45(52(44)49)53-54-47-29-36-14-4-5-15-37(36)30-51(47)57-53/h1-32H. The van der Waals surface area contributed by atoms with Crippen molar-refractivity contribution in [2.24, 2.45) is 0 Å². The normalized spacial score (nSPS) is 11.9. The molecule has 0 saturated carbocycles. The van der Waals surface area contributed by atoms with E-state index in [0.717, 1.165) is 77.6 Å². The summed E-state index contributed by atoms with van der Waals surface area (Å²) in [5.41, 5.74) is 9.48. The summed E-state index contributed by atoms with van der Waals surface area (Å²) in [5, 5.41) is 11.6. The second-order valence-corrected chi connectivity index (χ2v) is 14.7. The molecule has 4 heteroatoms. The Kier molecular flexibility index (Phi) is 6.89. The van der Waals surface area contributed by atoms with E-state index in [4.69, 9.17) is 13.8 Å². The van der Waals surface area contributed by atoms with Gasteiger partial charge in [0.1, 0.15) is 16.7 Å². The molecule has 4 nitrogen and oxygen atoms in total. The molecule has 12 rings (SSSR count). The first kappa shape index (κ1) is 31.6. The predicted octanol–water partition coefficient (Wildman–Crippen LogP) is 15.1. The molecule has 0 unspecified atom stereocenters. The van der Waals surface area contributed by atoms with Gasteiger partial charge in [0.25, 0.3) is 0 Å². The Bertz CT molecular complexity index is 3490. The molecule has 0 aliphatic heterocycles. The van der Waals surface area contributed by atoms with Crippen molar-refractivity contribution in [1.29, 1.82) is 0 Å². The molecule has 2 heterocycles. The Morgan fingerprint density at radius 2 is 1.02 bits per heavy atom. The van der Waals surface area contributed by atoms with E-state index in [2.05, 4.69) is 175 Å². The summed E-state index contributed by atoms with van der Waals surface area (Å²) in [6, 6.07) is 68.8. The molecule has 0 aliphatic carbocycles. The lowest BCUT2D eigenvalue weighted by Gasteiger charge is -2.28. The topological polar surface area (TPSA) is 42.4 Å². The molecule has 0 fully saturated rings. The van der Waals surface area contributed by atoms with Gasteiger partial charge in [-0.1, -0.05) is 133 Å². The monoisotopic (exact) mass is 728 g/mol. The zero-order valence-electron chi connectivity index (χ0n) is 30.7. The number of hydrogen-bond acceptors (Lipinski definition) is 4. The van der Waals surface area contributed by atoms with Crippen LogP contribution < -0.4 is 4.90 Å². The summed E-state index contributed by atoms with van der Waals surface area (Å²) in [5.74, 6) is 0.576. The van der Waals surface area contributed by atoms with Gasteiger partial charge in [0.05, 0.1) is 5.69 Å². The molecule has 0 saturated heterocycles. The van der Waals surface area contributed by atoms with Crippen molar-refractivity contribution < 1.29 is 8.83 Å². The third kappa shape index (κ3) is 5.04. The van der Waals surface area contributed by atoms with E-state index in [0.29, 0.717) is 5.89 Å². The van der Waals surface area contributed by atoms with Crippen LogP contribution in [0.1, 0.15) is 0 Å². The first-order valence-electron chi connectivity index (χ1n) is 19.3. The fourth-order valence-corrected chi connectivity index (χ4v) is 8.76. The van der Waals surface area contributed by atoms with E-state index in [1.165, 1.54) is 32.3 Å². The van der Waals surface area contributed by atoms with Crippen molar-refractivity contribution in [2.75, 3.05) is 4.90 Å². The third-order valence-corrected chi connectivity index (χ3v) is 11.4. The minimum Gasteiger partial charge on any atom is -0.456 e. The number of para-hydroxylation sites is 1. The molecule has 10 aromatic carbocycles. The van der Waals surface area contributed by atoms with E-state index in [9.17, 15) is 0 Å². The molecule has 0 spiro atoms. The van der Waals surface area contributed by atoms with Crippen LogP contribution in [0.2, 0.25) is 0 Å². The molecule has 266 valence electrons. The van der Waals surface area contributed by atoms with Crippen LogP contribution in [0, 0.1) is 0 Å². The van der Waals surface area contributed by atoms with E-state index < -0.39 is 0 Å². The first-order chi connectivity index (χ1) is 28.2. The number of nitrogens with zero attached hydrogens (tertiary/aromatic N) is 2. The molecule has 0 N–H and O–H groups in total. The lowest BCUT2D eigenvalue weighted by molar-refractivity contribution is 0.620. The van der Waals surface area contributed by atoms with E-state index in [1.807, 2.05) is 24.3 Å². The Balaban J connectivity index is 1.06. The Labute approximate surface area is 327 Å². The molecule has 0 amide bonds. The van der Waals surface area contributed by atoms with E-state index >= 15 is 0 Å². The van der Waals surface area contributed by atoms with Gasteiger partial charge in [-0.3, -0.25) is 0 Å². The number of aromatic nitrogens is 1. The highest BCUT2D eigenvalue weighted by Gasteiger charge is 2.22. The number of benzene rings is 10. The molecule has 57 heavy (non-hydrogen) atoms. The van der Waals surface area contributed by atoms with Crippen LogP contribution in [-0.4, -0.2) is 4.98 Å². The summed E-state index contributed by atoms with van der Waals surface area (Å²) in [4.78, 5) is 7.34. The number of fused-ring (bicyclic) bond motifs is 10. The number of oxazole rings is 1. The molecule has 2 aromatic heterocycles. The smallest absolute Gasteiger partial charge is 0.228 e. The van der Waals surface area contributed by atoms with Crippen molar-refractivity contribution in [3.63, 3.8) is 0 Å². The van der Waals surface area contributed by atoms with Crippen LogP contribution in [0.25, 0.3) is 98.7 Å². The summed E-state index contributed by atoms with van der Waals surface area (Å²) >= 11 is 0. The molecule has 0 bridgehead atoms. The van der Waals surface area contributed by atoms with Gasteiger partial charge >= 0.3 is 0 Å². The summed E-state index contributed by atoms with van der Waals surface area (Å²) in [7, 11) is 0. The van der Waals surface area contributed by atoms with Gasteiger partial charge in [0, 0.05) is 39.3 Å². The lowest BCUT2D eigenvalue weighted by Crippen LogP contribution is -2.11. The minimum atomic E-state index is 0.576.